The number of carbonyl (C=O) groups excluding carboxylic acids is 2. The molecule has 1 heterocycles. The molecule has 1 aromatic rings. The molecule has 2 nitrogen and oxygen atoms in total. The zero-order chi connectivity index (χ0) is 10.1. The Bertz CT molecular complexity index is 323. The van der Waals surface area contributed by atoms with Gasteiger partial charge in [0.1, 0.15) is 5.78 Å². The van der Waals surface area contributed by atoms with Crippen LogP contribution in [-0.4, -0.2) is 11.6 Å². The normalized spacial score (nSPS) is 11.3. The summed E-state index contributed by atoms with van der Waals surface area (Å²) in [4.78, 5) is 23.6. The molecule has 70 valence electrons. The van der Waals surface area contributed by atoms with Gasteiger partial charge in [0, 0.05) is 0 Å². The lowest BCUT2D eigenvalue weighted by molar-refractivity contribution is -0.122. The van der Waals surface area contributed by atoms with Gasteiger partial charge in [0.05, 0.1) is 10.3 Å². The first-order valence-electron chi connectivity index (χ1n) is 4.05. The summed E-state index contributed by atoms with van der Waals surface area (Å²) < 4.78 is 0. The van der Waals surface area contributed by atoms with E-state index in [4.69, 9.17) is 0 Å². The van der Waals surface area contributed by atoms with Gasteiger partial charge < -0.3 is 0 Å². The molecule has 1 rings (SSSR count). The van der Waals surface area contributed by atoms with Crippen LogP contribution in [0.5, 0.6) is 0 Å². The highest BCUT2D eigenvalue weighted by atomic mass is 32.1. The van der Waals surface area contributed by atoms with E-state index in [1.807, 2.05) is 11.4 Å². The molecule has 0 N–H and O–H groups in total. The zero-order valence-electron chi connectivity index (χ0n) is 7.96. The summed E-state index contributed by atoms with van der Waals surface area (Å²) in [5.74, 6) is -0.180. The van der Waals surface area contributed by atoms with Crippen molar-refractivity contribution in [3.63, 3.8) is 0 Å². The van der Waals surface area contributed by atoms with Gasteiger partial charge in [-0.2, -0.15) is 0 Å². The van der Waals surface area contributed by atoms with Crippen LogP contribution in [0, 0.1) is 5.41 Å². The molecular weight excluding hydrogens is 184 g/mol. The molecule has 0 unspecified atom stereocenters. The topological polar surface area (TPSA) is 34.1 Å². The molecule has 13 heavy (non-hydrogen) atoms. The minimum Gasteiger partial charge on any atom is -0.299 e. The van der Waals surface area contributed by atoms with Crippen molar-refractivity contribution in [3.05, 3.63) is 22.4 Å². The molecule has 1 aromatic heterocycles. The highest BCUT2D eigenvalue weighted by Gasteiger charge is 2.33. The van der Waals surface area contributed by atoms with E-state index in [9.17, 15) is 9.59 Å². The molecule has 0 spiro atoms. The first kappa shape index (κ1) is 10.1. The number of ketones is 2. The second kappa shape index (κ2) is 3.42. The van der Waals surface area contributed by atoms with Crippen molar-refractivity contribution in [1.82, 2.24) is 0 Å². The predicted molar refractivity (Wildman–Crippen MR) is 53.1 cm³/mol. The van der Waals surface area contributed by atoms with E-state index < -0.39 is 5.41 Å². The number of hydrogen-bond acceptors (Lipinski definition) is 3. The summed E-state index contributed by atoms with van der Waals surface area (Å²) in [6.07, 6.45) is 0. The Morgan fingerprint density at radius 3 is 2.38 bits per heavy atom. The van der Waals surface area contributed by atoms with E-state index in [-0.39, 0.29) is 11.6 Å². The van der Waals surface area contributed by atoms with Gasteiger partial charge in [-0.1, -0.05) is 6.07 Å². The van der Waals surface area contributed by atoms with E-state index >= 15 is 0 Å². The standard InChI is InChI=1S/C10H12O2S/c1-7(11)10(2,3)9(12)8-5-4-6-13-8/h4-6H,1-3H3. The molecular formula is C10H12O2S. The van der Waals surface area contributed by atoms with E-state index in [2.05, 4.69) is 0 Å². The summed E-state index contributed by atoms with van der Waals surface area (Å²) in [6, 6.07) is 3.56. The van der Waals surface area contributed by atoms with Crippen LogP contribution in [0.2, 0.25) is 0 Å². The van der Waals surface area contributed by atoms with Crippen LogP contribution < -0.4 is 0 Å². The van der Waals surface area contributed by atoms with Crippen LogP contribution in [-0.2, 0) is 4.79 Å². The average molecular weight is 196 g/mol. The summed E-state index contributed by atoms with van der Waals surface area (Å²) in [5, 5.41) is 1.84. The molecule has 0 saturated carbocycles. The van der Waals surface area contributed by atoms with Crippen molar-refractivity contribution >= 4 is 22.9 Å². The predicted octanol–water partition coefficient (Wildman–Crippen LogP) is 2.55. The molecule has 0 saturated heterocycles. The maximum Gasteiger partial charge on any atom is 0.185 e. The molecule has 0 radical (unpaired) electrons. The highest BCUT2D eigenvalue weighted by molar-refractivity contribution is 7.12. The molecule has 3 heteroatoms. The molecule has 0 bridgehead atoms. The van der Waals surface area contributed by atoms with Crippen LogP contribution in [0.3, 0.4) is 0 Å². The lowest BCUT2D eigenvalue weighted by Crippen LogP contribution is -2.31. The monoisotopic (exact) mass is 196 g/mol. The Hall–Kier alpha value is -0.960. The third-order valence-electron chi connectivity index (χ3n) is 2.19. The van der Waals surface area contributed by atoms with Gasteiger partial charge in [-0.3, -0.25) is 9.59 Å². The van der Waals surface area contributed by atoms with Gasteiger partial charge in [-0.25, -0.2) is 0 Å². The molecule has 0 amide bonds. The number of thiophene rings is 1. The van der Waals surface area contributed by atoms with Crippen molar-refractivity contribution in [2.24, 2.45) is 5.41 Å². The van der Waals surface area contributed by atoms with Crippen molar-refractivity contribution in [2.75, 3.05) is 0 Å². The third kappa shape index (κ3) is 1.86. The van der Waals surface area contributed by atoms with Crippen LogP contribution in [0.15, 0.2) is 17.5 Å². The maximum atomic E-state index is 11.8. The minimum atomic E-state index is -0.884. The molecule has 0 fully saturated rings. The van der Waals surface area contributed by atoms with Crippen LogP contribution in [0.4, 0.5) is 0 Å². The van der Waals surface area contributed by atoms with Gasteiger partial charge in [0.25, 0.3) is 0 Å². The van der Waals surface area contributed by atoms with E-state index in [0.717, 1.165) is 0 Å². The second-order valence-corrected chi connectivity index (χ2v) is 4.44. The third-order valence-corrected chi connectivity index (χ3v) is 3.06. The summed E-state index contributed by atoms with van der Waals surface area (Å²) in [6.45, 7) is 4.78. The van der Waals surface area contributed by atoms with Gasteiger partial charge >= 0.3 is 0 Å². The Labute approximate surface area is 81.6 Å². The molecule has 0 aliphatic rings. The SMILES string of the molecule is CC(=O)C(C)(C)C(=O)c1cccs1. The maximum absolute atomic E-state index is 11.8. The van der Waals surface area contributed by atoms with Gasteiger partial charge in [0.15, 0.2) is 5.78 Å². The molecule has 0 aromatic carbocycles. The number of hydrogen-bond donors (Lipinski definition) is 0. The first-order chi connectivity index (χ1) is 5.96. The Kier molecular flexibility index (Phi) is 2.66. The Morgan fingerprint density at radius 2 is 2.00 bits per heavy atom. The van der Waals surface area contributed by atoms with Gasteiger partial charge in [0.2, 0.25) is 0 Å². The van der Waals surface area contributed by atoms with Crippen LogP contribution >= 0.6 is 11.3 Å². The fraction of sp³-hybridized carbons (Fsp3) is 0.400. The number of carbonyl (C=O) groups is 2. The van der Waals surface area contributed by atoms with E-state index in [0.29, 0.717) is 4.88 Å². The smallest absolute Gasteiger partial charge is 0.185 e. The molecule has 0 aliphatic heterocycles. The van der Waals surface area contributed by atoms with E-state index in [1.165, 1.54) is 18.3 Å². The van der Waals surface area contributed by atoms with Crippen molar-refractivity contribution in [3.8, 4) is 0 Å². The van der Waals surface area contributed by atoms with Crippen molar-refractivity contribution in [1.29, 1.82) is 0 Å². The van der Waals surface area contributed by atoms with Crippen molar-refractivity contribution in [2.45, 2.75) is 20.8 Å². The average Bonchev–Trinajstić information content (AvgIpc) is 2.54. The number of rotatable bonds is 3. The largest absolute Gasteiger partial charge is 0.299 e. The Morgan fingerprint density at radius 1 is 1.38 bits per heavy atom. The lowest BCUT2D eigenvalue weighted by Gasteiger charge is -2.17. The lowest BCUT2D eigenvalue weighted by atomic mass is 9.83. The molecule has 0 aliphatic carbocycles. The fourth-order valence-corrected chi connectivity index (χ4v) is 1.70. The fourth-order valence-electron chi connectivity index (χ4n) is 0.876. The quantitative estimate of drug-likeness (QED) is 0.550. The Balaban J connectivity index is 2.98. The van der Waals surface area contributed by atoms with Gasteiger partial charge in [-0.05, 0) is 32.2 Å². The summed E-state index contributed by atoms with van der Waals surface area (Å²) in [7, 11) is 0. The second-order valence-electron chi connectivity index (χ2n) is 3.49. The van der Waals surface area contributed by atoms with Crippen LogP contribution in [0.1, 0.15) is 30.4 Å². The minimum absolute atomic E-state index is 0.0880. The van der Waals surface area contributed by atoms with Crippen molar-refractivity contribution < 1.29 is 9.59 Å². The van der Waals surface area contributed by atoms with Crippen LogP contribution in [0.25, 0.3) is 0 Å². The summed E-state index contributed by atoms with van der Waals surface area (Å²) >= 11 is 1.37. The van der Waals surface area contributed by atoms with E-state index in [1.54, 1.807) is 19.9 Å². The zero-order valence-corrected chi connectivity index (χ0v) is 8.77. The summed E-state index contributed by atoms with van der Waals surface area (Å²) in [5.41, 5.74) is -0.884. The first-order valence-corrected chi connectivity index (χ1v) is 4.93. The highest BCUT2D eigenvalue weighted by Crippen LogP contribution is 2.25. The van der Waals surface area contributed by atoms with Gasteiger partial charge in [-0.15, -0.1) is 11.3 Å². The molecule has 0 atom stereocenters. The number of Topliss-reactive ketones (excluding diaryl/α,β-unsaturated/α-hetero) is 2.